The van der Waals surface area contributed by atoms with Crippen molar-refractivity contribution < 1.29 is 9.34 Å². The number of furan rings is 1. The number of hydrogen-bond acceptors (Lipinski definition) is 5. The molecule has 0 radical (unpaired) electrons. The van der Waals surface area contributed by atoms with E-state index in [4.69, 9.17) is 16.0 Å². The quantitative estimate of drug-likeness (QED) is 0.508. The fraction of sp³-hybridized carbons (Fsp3) is 0.167. The third-order valence-electron chi connectivity index (χ3n) is 3.80. The molecule has 0 fully saturated rings. The smallest absolute Gasteiger partial charge is 0.281 e. The van der Waals surface area contributed by atoms with Crippen molar-refractivity contribution >= 4 is 17.3 Å². The third kappa shape index (κ3) is 4.04. The molecule has 1 atom stereocenters. The fourth-order valence-corrected chi connectivity index (χ4v) is 2.64. The van der Waals surface area contributed by atoms with Crippen molar-refractivity contribution in [1.29, 1.82) is 0 Å². The molecule has 1 aromatic carbocycles. The van der Waals surface area contributed by atoms with Gasteiger partial charge in [-0.05, 0) is 43.3 Å². The lowest BCUT2D eigenvalue weighted by molar-refractivity contribution is -0.384. The Labute approximate surface area is 149 Å². The van der Waals surface area contributed by atoms with Crippen molar-refractivity contribution in [3.8, 4) is 11.3 Å². The lowest BCUT2D eigenvalue weighted by atomic mass is 10.1. The molecule has 25 heavy (non-hydrogen) atoms. The summed E-state index contributed by atoms with van der Waals surface area (Å²) in [7, 11) is 0. The summed E-state index contributed by atoms with van der Waals surface area (Å²) in [5.41, 5.74) is 1.25. The van der Waals surface area contributed by atoms with Gasteiger partial charge in [0.25, 0.3) is 5.69 Å². The van der Waals surface area contributed by atoms with Crippen LogP contribution in [0.4, 0.5) is 5.69 Å². The summed E-state index contributed by atoms with van der Waals surface area (Å²) in [6.45, 7) is 2.50. The second-order valence-corrected chi connectivity index (χ2v) is 5.98. The van der Waals surface area contributed by atoms with Crippen LogP contribution in [0.2, 0.25) is 5.02 Å². The first kappa shape index (κ1) is 17.1. The summed E-state index contributed by atoms with van der Waals surface area (Å²) in [4.78, 5) is 15.0. The highest BCUT2D eigenvalue weighted by molar-refractivity contribution is 6.30. The van der Waals surface area contributed by atoms with E-state index in [9.17, 15) is 10.1 Å². The van der Waals surface area contributed by atoms with Gasteiger partial charge in [-0.15, -0.1) is 0 Å². The largest absolute Gasteiger partial charge is 0.459 e. The Bertz CT molecular complexity index is 880. The van der Waals surface area contributed by atoms with Crippen LogP contribution in [-0.4, -0.2) is 9.91 Å². The molecule has 0 bridgehead atoms. The van der Waals surface area contributed by atoms with E-state index in [2.05, 4.69) is 10.3 Å². The zero-order valence-electron chi connectivity index (χ0n) is 13.5. The van der Waals surface area contributed by atoms with Crippen LogP contribution >= 0.6 is 11.6 Å². The molecule has 3 rings (SSSR count). The number of pyridine rings is 1. The van der Waals surface area contributed by atoms with Crippen LogP contribution in [0.25, 0.3) is 11.3 Å². The molecule has 0 spiro atoms. The molecular formula is C18H16ClN3O3. The zero-order valence-corrected chi connectivity index (χ0v) is 14.2. The Balaban J connectivity index is 1.74. The molecule has 3 aromatic rings. The van der Waals surface area contributed by atoms with Crippen LogP contribution in [-0.2, 0) is 6.54 Å². The average Bonchev–Trinajstić information content (AvgIpc) is 3.09. The molecule has 0 saturated heterocycles. The van der Waals surface area contributed by atoms with E-state index in [1.807, 2.05) is 25.1 Å². The first-order chi connectivity index (χ1) is 12.0. The average molecular weight is 358 g/mol. The van der Waals surface area contributed by atoms with Gasteiger partial charge in [0.1, 0.15) is 11.5 Å². The monoisotopic (exact) mass is 357 g/mol. The molecule has 0 amide bonds. The van der Waals surface area contributed by atoms with Gasteiger partial charge >= 0.3 is 0 Å². The first-order valence-corrected chi connectivity index (χ1v) is 8.09. The van der Waals surface area contributed by atoms with E-state index in [1.54, 1.807) is 30.5 Å². The Morgan fingerprint density at radius 2 is 2.12 bits per heavy atom. The van der Waals surface area contributed by atoms with Gasteiger partial charge < -0.3 is 9.73 Å². The molecule has 2 aromatic heterocycles. The Morgan fingerprint density at radius 1 is 1.28 bits per heavy atom. The molecule has 0 aliphatic rings. The minimum Gasteiger partial charge on any atom is -0.459 e. The second kappa shape index (κ2) is 7.46. The molecule has 6 nitrogen and oxygen atoms in total. The lowest BCUT2D eigenvalue weighted by Crippen LogP contribution is -2.18. The highest BCUT2D eigenvalue weighted by Gasteiger charge is 2.19. The van der Waals surface area contributed by atoms with Gasteiger partial charge in [0.2, 0.25) is 0 Å². The van der Waals surface area contributed by atoms with Gasteiger partial charge in [0, 0.05) is 23.3 Å². The molecule has 1 unspecified atom stereocenters. The number of rotatable bonds is 6. The summed E-state index contributed by atoms with van der Waals surface area (Å²) < 4.78 is 5.76. The summed E-state index contributed by atoms with van der Waals surface area (Å²) in [6, 6.07) is 13.8. The van der Waals surface area contributed by atoms with Crippen LogP contribution in [0, 0.1) is 10.1 Å². The normalized spacial score (nSPS) is 12.1. The van der Waals surface area contributed by atoms with E-state index in [-0.39, 0.29) is 11.7 Å². The van der Waals surface area contributed by atoms with Crippen molar-refractivity contribution in [1.82, 2.24) is 10.3 Å². The molecular weight excluding hydrogens is 342 g/mol. The molecule has 1 N–H and O–H groups in total. The van der Waals surface area contributed by atoms with E-state index < -0.39 is 4.92 Å². The van der Waals surface area contributed by atoms with Crippen molar-refractivity contribution in [2.24, 2.45) is 0 Å². The topological polar surface area (TPSA) is 81.2 Å². The molecule has 2 heterocycles. The number of hydrogen-bond donors (Lipinski definition) is 1. The van der Waals surface area contributed by atoms with Gasteiger partial charge in [-0.25, -0.2) is 0 Å². The number of halogens is 1. The van der Waals surface area contributed by atoms with Gasteiger partial charge in [0.05, 0.1) is 22.7 Å². The van der Waals surface area contributed by atoms with Gasteiger partial charge in [-0.2, -0.15) is 0 Å². The Hall–Kier alpha value is -2.70. The van der Waals surface area contributed by atoms with Crippen molar-refractivity contribution in [3.63, 3.8) is 0 Å². The van der Waals surface area contributed by atoms with Crippen LogP contribution in [0.3, 0.4) is 0 Å². The van der Waals surface area contributed by atoms with Crippen molar-refractivity contribution in [2.75, 3.05) is 0 Å². The van der Waals surface area contributed by atoms with Gasteiger partial charge in [-0.3, -0.25) is 15.1 Å². The standard InChI is InChI=1S/C18H16ClN3O3/c1-12(16-4-2-3-9-20-16)21-11-14-6-8-18(25-14)15-7-5-13(19)10-17(15)22(23)24/h2-10,12,21H,11H2,1H3. The summed E-state index contributed by atoms with van der Waals surface area (Å²) in [5.74, 6) is 1.12. The van der Waals surface area contributed by atoms with E-state index in [0.29, 0.717) is 28.7 Å². The highest BCUT2D eigenvalue weighted by atomic mass is 35.5. The number of aromatic nitrogens is 1. The number of nitro benzene ring substituents is 1. The predicted molar refractivity (Wildman–Crippen MR) is 95.3 cm³/mol. The SMILES string of the molecule is CC(NCc1ccc(-c2ccc(Cl)cc2[N+](=O)[O-])o1)c1ccccn1. The molecule has 0 aliphatic heterocycles. The fourth-order valence-electron chi connectivity index (χ4n) is 2.47. The maximum Gasteiger partial charge on any atom is 0.281 e. The third-order valence-corrected chi connectivity index (χ3v) is 4.03. The Morgan fingerprint density at radius 3 is 2.84 bits per heavy atom. The summed E-state index contributed by atoms with van der Waals surface area (Å²) in [6.07, 6.45) is 1.75. The van der Waals surface area contributed by atoms with Gasteiger partial charge in [0.15, 0.2) is 0 Å². The number of nitrogens with one attached hydrogen (secondary N) is 1. The van der Waals surface area contributed by atoms with Crippen LogP contribution in [0.15, 0.2) is 59.1 Å². The molecule has 0 saturated carbocycles. The molecule has 0 aliphatic carbocycles. The van der Waals surface area contributed by atoms with E-state index >= 15 is 0 Å². The maximum absolute atomic E-state index is 11.2. The number of benzene rings is 1. The first-order valence-electron chi connectivity index (χ1n) is 7.72. The highest BCUT2D eigenvalue weighted by Crippen LogP contribution is 2.33. The van der Waals surface area contributed by atoms with Crippen LogP contribution in [0.1, 0.15) is 24.4 Å². The summed E-state index contributed by atoms with van der Waals surface area (Å²) >= 11 is 5.85. The van der Waals surface area contributed by atoms with E-state index in [1.165, 1.54) is 6.07 Å². The minimum absolute atomic E-state index is 0.0552. The summed E-state index contributed by atoms with van der Waals surface area (Å²) in [5, 5.41) is 14.8. The number of nitrogens with zero attached hydrogens (tertiary/aromatic N) is 2. The zero-order chi connectivity index (χ0) is 17.8. The maximum atomic E-state index is 11.2. The van der Waals surface area contributed by atoms with Gasteiger partial charge in [-0.1, -0.05) is 17.7 Å². The number of nitro groups is 1. The molecule has 128 valence electrons. The second-order valence-electron chi connectivity index (χ2n) is 5.54. The van der Waals surface area contributed by atoms with Crippen molar-refractivity contribution in [3.05, 3.63) is 81.3 Å². The molecule has 7 heteroatoms. The predicted octanol–water partition coefficient (Wildman–Crippen LogP) is 4.75. The van der Waals surface area contributed by atoms with Crippen LogP contribution < -0.4 is 5.32 Å². The Kier molecular flexibility index (Phi) is 5.11. The lowest BCUT2D eigenvalue weighted by Gasteiger charge is -2.11. The minimum atomic E-state index is -0.467. The van der Waals surface area contributed by atoms with E-state index in [0.717, 1.165) is 5.69 Å². The van der Waals surface area contributed by atoms with Crippen LogP contribution in [0.5, 0.6) is 0 Å². The van der Waals surface area contributed by atoms with Crippen molar-refractivity contribution in [2.45, 2.75) is 19.5 Å².